The summed E-state index contributed by atoms with van der Waals surface area (Å²) in [6.07, 6.45) is 2.96. The number of amides is 1. The second-order valence-electron chi connectivity index (χ2n) is 8.05. The molecule has 4 rings (SSSR count). The standard InChI is InChI=1S/C21H28N2O7S/c1-28-21(25)17-4-2-9-23(17)20(24)15-7-10-22(11-8-15)31(26,27)16-5-6-18-19(14-16)30-13-3-12-29-18/h5-6,14-15,17H,2-4,7-13H2,1H3. The average molecular weight is 453 g/mol. The molecule has 1 atom stereocenters. The van der Waals surface area contributed by atoms with Crippen LogP contribution in [-0.4, -0.2) is 75.5 Å². The number of hydrogen-bond donors (Lipinski definition) is 0. The summed E-state index contributed by atoms with van der Waals surface area (Å²) < 4.78 is 43.7. The van der Waals surface area contributed by atoms with E-state index in [1.807, 2.05) is 0 Å². The summed E-state index contributed by atoms with van der Waals surface area (Å²) in [7, 11) is -2.38. The van der Waals surface area contributed by atoms with E-state index in [0.29, 0.717) is 50.5 Å². The van der Waals surface area contributed by atoms with Crippen molar-refractivity contribution in [2.24, 2.45) is 5.92 Å². The lowest BCUT2D eigenvalue weighted by Crippen LogP contribution is -2.47. The van der Waals surface area contributed by atoms with E-state index in [2.05, 4.69) is 0 Å². The van der Waals surface area contributed by atoms with Gasteiger partial charge < -0.3 is 19.1 Å². The summed E-state index contributed by atoms with van der Waals surface area (Å²) in [4.78, 5) is 26.7. The Balaban J connectivity index is 1.42. The number of benzene rings is 1. The fourth-order valence-corrected chi connectivity index (χ4v) is 5.93. The van der Waals surface area contributed by atoms with Crippen molar-refractivity contribution in [3.8, 4) is 11.5 Å². The van der Waals surface area contributed by atoms with Crippen LogP contribution in [-0.2, 0) is 24.3 Å². The molecule has 0 N–H and O–H groups in total. The van der Waals surface area contributed by atoms with Gasteiger partial charge in [-0.3, -0.25) is 4.79 Å². The number of ether oxygens (including phenoxy) is 3. The lowest BCUT2D eigenvalue weighted by molar-refractivity contribution is -0.152. The minimum absolute atomic E-state index is 0.0828. The summed E-state index contributed by atoms with van der Waals surface area (Å²) in [5.74, 6) is 0.222. The SMILES string of the molecule is COC(=O)C1CCCN1C(=O)C1CCN(S(=O)(=O)c2ccc3c(c2)OCCCO3)CC1. The largest absolute Gasteiger partial charge is 0.490 e. The van der Waals surface area contributed by atoms with Crippen LogP contribution in [0, 0.1) is 5.92 Å². The molecular formula is C21H28N2O7S. The van der Waals surface area contributed by atoms with Crippen molar-refractivity contribution in [3.05, 3.63) is 18.2 Å². The molecule has 0 bridgehead atoms. The molecule has 0 aliphatic carbocycles. The van der Waals surface area contributed by atoms with Gasteiger partial charge >= 0.3 is 5.97 Å². The molecular weight excluding hydrogens is 424 g/mol. The Bertz CT molecular complexity index is 941. The van der Waals surface area contributed by atoms with Crippen LogP contribution in [0.15, 0.2) is 23.1 Å². The molecule has 2 saturated heterocycles. The maximum Gasteiger partial charge on any atom is 0.328 e. The Morgan fingerprint density at radius 2 is 1.71 bits per heavy atom. The Hall–Kier alpha value is -2.33. The van der Waals surface area contributed by atoms with Gasteiger partial charge in [-0.15, -0.1) is 0 Å². The van der Waals surface area contributed by atoms with Crippen LogP contribution in [0.25, 0.3) is 0 Å². The number of rotatable bonds is 4. The number of nitrogens with zero attached hydrogens (tertiary/aromatic N) is 2. The highest BCUT2D eigenvalue weighted by Crippen LogP contribution is 2.34. The van der Waals surface area contributed by atoms with E-state index in [9.17, 15) is 18.0 Å². The fourth-order valence-electron chi connectivity index (χ4n) is 4.44. The number of methoxy groups -OCH3 is 1. The first-order valence-electron chi connectivity index (χ1n) is 10.7. The Morgan fingerprint density at radius 1 is 1.00 bits per heavy atom. The number of likely N-dealkylation sites (tertiary alicyclic amines) is 1. The summed E-state index contributed by atoms with van der Waals surface area (Å²) in [5, 5.41) is 0. The molecule has 0 spiro atoms. The maximum absolute atomic E-state index is 13.1. The number of fused-ring (bicyclic) bond motifs is 1. The van der Waals surface area contributed by atoms with Gasteiger partial charge in [-0.25, -0.2) is 13.2 Å². The zero-order valence-corrected chi connectivity index (χ0v) is 18.4. The van der Waals surface area contributed by atoms with Gasteiger partial charge in [-0.1, -0.05) is 0 Å². The third kappa shape index (κ3) is 4.36. The smallest absolute Gasteiger partial charge is 0.328 e. The molecule has 31 heavy (non-hydrogen) atoms. The molecule has 10 heteroatoms. The van der Waals surface area contributed by atoms with Crippen LogP contribution in [0.4, 0.5) is 0 Å². The van der Waals surface area contributed by atoms with Crippen LogP contribution < -0.4 is 9.47 Å². The quantitative estimate of drug-likeness (QED) is 0.637. The minimum Gasteiger partial charge on any atom is -0.490 e. The summed E-state index contributed by atoms with van der Waals surface area (Å²) in [6.45, 7) is 2.06. The van der Waals surface area contributed by atoms with Crippen LogP contribution in [0.3, 0.4) is 0 Å². The molecule has 2 fully saturated rings. The molecule has 3 aliphatic rings. The molecule has 0 radical (unpaired) electrons. The van der Waals surface area contributed by atoms with Gasteiger partial charge in [-0.2, -0.15) is 4.31 Å². The van der Waals surface area contributed by atoms with Crippen LogP contribution in [0.2, 0.25) is 0 Å². The molecule has 1 aromatic rings. The van der Waals surface area contributed by atoms with E-state index in [1.54, 1.807) is 11.0 Å². The van der Waals surface area contributed by atoms with Crippen molar-refractivity contribution >= 4 is 21.9 Å². The molecule has 170 valence electrons. The van der Waals surface area contributed by atoms with Gasteiger partial charge in [0.05, 0.1) is 25.2 Å². The van der Waals surface area contributed by atoms with Crippen molar-refractivity contribution in [2.75, 3.05) is 40.0 Å². The Labute approximate surface area is 182 Å². The summed E-state index contributed by atoms with van der Waals surface area (Å²) >= 11 is 0. The first-order valence-corrected chi connectivity index (χ1v) is 12.1. The van der Waals surface area contributed by atoms with Gasteiger partial charge in [0, 0.05) is 38.0 Å². The van der Waals surface area contributed by atoms with Crippen LogP contribution in [0.5, 0.6) is 11.5 Å². The topological polar surface area (TPSA) is 102 Å². The van der Waals surface area contributed by atoms with Crippen molar-refractivity contribution in [2.45, 2.75) is 43.0 Å². The van der Waals surface area contributed by atoms with Crippen molar-refractivity contribution in [1.29, 1.82) is 0 Å². The molecule has 0 saturated carbocycles. The van der Waals surface area contributed by atoms with Crippen molar-refractivity contribution in [3.63, 3.8) is 0 Å². The first kappa shape index (κ1) is 21.9. The van der Waals surface area contributed by atoms with E-state index >= 15 is 0 Å². The highest BCUT2D eigenvalue weighted by Gasteiger charge is 2.40. The fraction of sp³-hybridized carbons (Fsp3) is 0.619. The van der Waals surface area contributed by atoms with Gasteiger partial charge in [0.2, 0.25) is 15.9 Å². The third-order valence-corrected chi connectivity index (χ3v) is 8.06. The van der Waals surface area contributed by atoms with E-state index in [-0.39, 0.29) is 35.8 Å². The zero-order chi connectivity index (χ0) is 22.0. The number of hydrogen-bond acceptors (Lipinski definition) is 7. The lowest BCUT2D eigenvalue weighted by Gasteiger charge is -2.33. The van der Waals surface area contributed by atoms with Crippen LogP contribution >= 0.6 is 0 Å². The second-order valence-corrected chi connectivity index (χ2v) is 9.99. The maximum atomic E-state index is 13.1. The number of esters is 1. The molecule has 3 heterocycles. The van der Waals surface area contributed by atoms with E-state index in [1.165, 1.54) is 23.5 Å². The number of sulfonamides is 1. The van der Waals surface area contributed by atoms with E-state index in [0.717, 1.165) is 12.8 Å². The molecule has 1 amide bonds. The van der Waals surface area contributed by atoms with Gasteiger partial charge in [-0.05, 0) is 37.8 Å². The Kier molecular flexibility index (Phi) is 6.38. The number of carbonyl (C=O) groups excluding carboxylic acids is 2. The monoisotopic (exact) mass is 452 g/mol. The van der Waals surface area contributed by atoms with Crippen molar-refractivity contribution in [1.82, 2.24) is 9.21 Å². The predicted molar refractivity (Wildman–Crippen MR) is 110 cm³/mol. The molecule has 3 aliphatic heterocycles. The summed E-state index contributed by atoms with van der Waals surface area (Å²) in [6, 6.07) is 4.15. The third-order valence-electron chi connectivity index (χ3n) is 6.17. The zero-order valence-electron chi connectivity index (χ0n) is 17.6. The highest BCUT2D eigenvalue weighted by atomic mass is 32.2. The van der Waals surface area contributed by atoms with Gasteiger partial charge in [0.15, 0.2) is 11.5 Å². The van der Waals surface area contributed by atoms with Crippen molar-refractivity contribution < 1.29 is 32.2 Å². The second kappa shape index (κ2) is 9.04. The number of piperidine rings is 1. The minimum atomic E-state index is -3.70. The normalized spacial score (nSPS) is 22.7. The highest BCUT2D eigenvalue weighted by molar-refractivity contribution is 7.89. The molecule has 1 unspecified atom stereocenters. The average Bonchev–Trinajstić information content (AvgIpc) is 3.16. The van der Waals surface area contributed by atoms with E-state index < -0.39 is 16.1 Å². The van der Waals surface area contributed by atoms with Gasteiger partial charge in [0.1, 0.15) is 6.04 Å². The molecule has 9 nitrogen and oxygen atoms in total. The summed E-state index contributed by atoms with van der Waals surface area (Å²) in [5.41, 5.74) is 0. The predicted octanol–water partition coefficient (Wildman–Crippen LogP) is 1.41. The van der Waals surface area contributed by atoms with Crippen LogP contribution in [0.1, 0.15) is 32.1 Å². The Morgan fingerprint density at radius 3 is 2.42 bits per heavy atom. The van der Waals surface area contributed by atoms with Gasteiger partial charge in [0.25, 0.3) is 0 Å². The first-order chi connectivity index (χ1) is 14.9. The lowest BCUT2D eigenvalue weighted by atomic mass is 9.96. The molecule has 0 aromatic heterocycles. The van der Waals surface area contributed by atoms with E-state index in [4.69, 9.17) is 14.2 Å². The number of carbonyl (C=O) groups is 2. The molecule has 1 aromatic carbocycles.